The number of carbonyl (C=O) groups excluding carboxylic acids is 1. The SMILES string of the molecule is COc1cc(-c2ccc3c(c2)Nc2cccc(O)c2NC3=O)ccc1[N+](=O)[O-]. The molecule has 3 aromatic carbocycles. The predicted molar refractivity (Wildman–Crippen MR) is 104 cm³/mol. The molecule has 0 aromatic heterocycles. The topological polar surface area (TPSA) is 114 Å². The molecule has 28 heavy (non-hydrogen) atoms. The number of hydrogen-bond donors (Lipinski definition) is 3. The molecule has 0 spiro atoms. The summed E-state index contributed by atoms with van der Waals surface area (Å²) in [5, 5.41) is 27.0. The Balaban J connectivity index is 1.80. The number of benzene rings is 3. The van der Waals surface area contributed by atoms with Gasteiger partial charge in [-0.25, -0.2) is 0 Å². The Morgan fingerprint density at radius 2 is 1.75 bits per heavy atom. The van der Waals surface area contributed by atoms with Crippen molar-refractivity contribution in [3.05, 3.63) is 70.3 Å². The Labute approximate surface area is 159 Å². The number of nitro benzene ring substituents is 1. The van der Waals surface area contributed by atoms with Crippen molar-refractivity contribution in [2.45, 2.75) is 0 Å². The van der Waals surface area contributed by atoms with E-state index < -0.39 is 4.92 Å². The minimum atomic E-state index is -0.505. The van der Waals surface area contributed by atoms with Gasteiger partial charge in [-0.1, -0.05) is 12.1 Å². The summed E-state index contributed by atoms with van der Waals surface area (Å²) in [6, 6.07) is 14.7. The number of phenols is 1. The first-order valence-electron chi connectivity index (χ1n) is 8.35. The second kappa shape index (κ2) is 6.58. The van der Waals surface area contributed by atoms with Gasteiger partial charge < -0.3 is 20.5 Å². The highest BCUT2D eigenvalue weighted by Gasteiger charge is 2.22. The van der Waals surface area contributed by atoms with E-state index in [1.54, 1.807) is 42.5 Å². The Bertz CT molecular complexity index is 1130. The summed E-state index contributed by atoms with van der Waals surface area (Å²) in [5.74, 6) is -0.236. The maximum atomic E-state index is 12.5. The van der Waals surface area contributed by atoms with Crippen LogP contribution in [-0.4, -0.2) is 23.0 Å². The molecule has 8 nitrogen and oxygen atoms in total. The van der Waals surface area contributed by atoms with E-state index in [-0.39, 0.29) is 23.1 Å². The maximum Gasteiger partial charge on any atom is 0.310 e. The van der Waals surface area contributed by atoms with Crippen LogP contribution in [-0.2, 0) is 0 Å². The molecule has 0 saturated carbocycles. The number of para-hydroxylation sites is 1. The summed E-state index contributed by atoms with van der Waals surface area (Å²) in [7, 11) is 1.37. The molecule has 0 unspecified atom stereocenters. The molecule has 1 aliphatic rings. The Kier molecular flexibility index (Phi) is 4.08. The molecule has 4 rings (SSSR count). The highest BCUT2D eigenvalue weighted by atomic mass is 16.6. The second-order valence-corrected chi connectivity index (χ2v) is 6.18. The molecule has 0 bridgehead atoms. The quantitative estimate of drug-likeness (QED) is 0.356. The first kappa shape index (κ1) is 17.3. The zero-order chi connectivity index (χ0) is 19.8. The molecule has 1 heterocycles. The highest BCUT2D eigenvalue weighted by molar-refractivity contribution is 6.13. The van der Waals surface area contributed by atoms with Gasteiger partial charge in [0.05, 0.1) is 29.0 Å². The van der Waals surface area contributed by atoms with E-state index in [4.69, 9.17) is 4.74 Å². The van der Waals surface area contributed by atoms with E-state index in [1.165, 1.54) is 19.2 Å². The van der Waals surface area contributed by atoms with E-state index in [0.29, 0.717) is 28.2 Å². The van der Waals surface area contributed by atoms with Crippen LogP contribution in [0.1, 0.15) is 10.4 Å². The van der Waals surface area contributed by atoms with Crippen LogP contribution < -0.4 is 15.4 Å². The third-order valence-corrected chi connectivity index (χ3v) is 4.52. The highest BCUT2D eigenvalue weighted by Crippen LogP contribution is 2.39. The molecule has 0 atom stereocenters. The molecule has 140 valence electrons. The lowest BCUT2D eigenvalue weighted by atomic mass is 10.0. The number of ether oxygens (including phenoxy) is 1. The number of amides is 1. The first-order chi connectivity index (χ1) is 13.5. The molecule has 3 aromatic rings. The van der Waals surface area contributed by atoms with Crippen LogP contribution in [0.2, 0.25) is 0 Å². The van der Waals surface area contributed by atoms with Crippen LogP contribution in [0, 0.1) is 10.1 Å². The standard InChI is InChI=1S/C20H15N3O5/c1-28-18-10-12(6-8-16(18)23(26)27)11-5-7-13-15(9-11)21-14-3-2-4-17(24)19(14)22-20(13)25/h2-10,21,24H,1H3,(H,22,25). The van der Waals surface area contributed by atoms with Crippen molar-refractivity contribution in [1.82, 2.24) is 0 Å². The molecule has 0 radical (unpaired) electrons. The zero-order valence-corrected chi connectivity index (χ0v) is 14.7. The Morgan fingerprint density at radius 1 is 1.00 bits per heavy atom. The van der Waals surface area contributed by atoms with Crippen molar-refractivity contribution < 1.29 is 19.6 Å². The van der Waals surface area contributed by atoms with Gasteiger partial charge in [-0.2, -0.15) is 0 Å². The fraction of sp³-hybridized carbons (Fsp3) is 0.0500. The Hall–Kier alpha value is -4.07. The molecule has 0 saturated heterocycles. The summed E-state index contributed by atoms with van der Waals surface area (Å²) < 4.78 is 5.13. The molecule has 8 heteroatoms. The van der Waals surface area contributed by atoms with Gasteiger partial charge in [-0.15, -0.1) is 0 Å². The van der Waals surface area contributed by atoms with Gasteiger partial charge in [0, 0.05) is 6.07 Å². The fourth-order valence-electron chi connectivity index (χ4n) is 3.13. The van der Waals surface area contributed by atoms with E-state index in [1.807, 2.05) is 0 Å². The molecule has 1 amide bonds. The average Bonchev–Trinajstić information content (AvgIpc) is 2.83. The van der Waals surface area contributed by atoms with Gasteiger partial charge in [0.15, 0.2) is 5.75 Å². The van der Waals surface area contributed by atoms with Crippen LogP contribution in [0.3, 0.4) is 0 Å². The number of carbonyl (C=O) groups is 1. The number of hydrogen-bond acceptors (Lipinski definition) is 6. The summed E-state index contributed by atoms with van der Waals surface area (Å²) >= 11 is 0. The monoisotopic (exact) mass is 377 g/mol. The summed E-state index contributed by atoms with van der Waals surface area (Å²) in [5.41, 5.74) is 3.16. The van der Waals surface area contributed by atoms with E-state index >= 15 is 0 Å². The van der Waals surface area contributed by atoms with Gasteiger partial charge in [0.2, 0.25) is 0 Å². The van der Waals surface area contributed by atoms with Crippen molar-refractivity contribution in [2.24, 2.45) is 0 Å². The summed E-state index contributed by atoms with van der Waals surface area (Å²) in [6.45, 7) is 0. The van der Waals surface area contributed by atoms with Crippen LogP contribution >= 0.6 is 0 Å². The minimum absolute atomic E-state index is 0.0357. The van der Waals surface area contributed by atoms with E-state index in [0.717, 1.165) is 5.56 Å². The van der Waals surface area contributed by atoms with Gasteiger partial charge in [-0.05, 0) is 47.5 Å². The second-order valence-electron chi connectivity index (χ2n) is 6.18. The number of rotatable bonds is 3. The molecule has 1 aliphatic heterocycles. The molecule has 3 N–H and O–H groups in total. The van der Waals surface area contributed by atoms with Crippen molar-refractivity contribution in [3.8, 4) is 22.6 Å². The largest absolute Gasteiger partial charge is 0.506 e. The van der Waals surface area contributed by atoms with Crippen molar-refractivity contribution in [3.63, 3.8) is 0 Å². The summed E-state index contributed by atoms with van der Waals surface area (Å²) in [6.07, 6.45) is 0. The number of fused-ring (bicyclic) bond motifs is 2. The van der Waals surface area contributed by atoms with E-state index in [9.17, 15) is 20.0 Å². The number of phenolic OH excluding ortho intramolecular Hbond substituents is 1. The first-order valence-corrected chi connectivity index (χ1v) is 8.35. The fourth-order valence-corrected chi connectivity index (χ4v) is 3.13. The van der Waals surface area contributed by atoms with Gasteiger partial charge in [0.1, 0.15) is 11.4 Å². The number of nitrogens with one attached hydrogen (secondary N) is 2. The van der Waals surface area contributed by atoms with Crippen LogP contribution in [0.4, 0.5) is 22.7 Å². The lowest BCUT2D eigenvalue weighted by Gasteiger charge is -2.11. The number of methoxy groups -OCH3 is 1. The number of nitro groups is 1. The molecular formula is C20H15N3O5. The van der Waals surface area contributed by atoms with Crippen molar-refractivity contribution >= 4 is 28.7 Å². The maximum absolute atomic E-state index is 12.5. The smallest absolute Gasteiger partial charge is 0.310 e. The third kappa shape index (κ3) is 2.86. The van der Waals surface area contributed by atoms with Gasteiger partial charge in [0.25, 0.3) is 5.91 Å². The van der Waals surface area contributed by atoms with Crippen molar-refractivity contribution in [1.29, 1.82) is 0 Å². The summed E-state index contributed by atoms with van der Waals surface area (Å²) in [4.78, 5) is 23.1. The van der Waals surface area contributed by atoms with Crippen molar-refractivity contribution in [2.75, 3.05) is 17.7 Å². The normalized spacial score (nSPS) is 12.1. The predicted octanol–water partition coefficient (Wildman–Crippen LogP) is 4.29. The lowest BCUT2D eigenvalue weighted by Crippen LogP contribution is -2.10. The van der Waals surface area contributed by atoms with Gasteiger partial charge >= 0.3 is 5.69 Å². The number of nitrogens with zero attached hydrogens (tertiary/aromatic N) is 1. The number of anilines is 3. The van der Waals surface area contributed by atoms with Crippen LogP contribution in [0.5, 0.6) is 11.5 Å². The molecule has 0 aliphatic carbocycles. The van der Waals surface area contributed by atoms with Crippen LogP contribution in [0.25, 0.3) is 11.1 Å². The van der Waals surface area contributed by atoms with Crippen LogP contribution in [0.15, 0.2) is 54.6 Å². The van der Waals surface area contributed by atoms with Gasteiger partial charge in [-0.3, -0.25) is 14.9 Å². The average molecular weight is 377 g/mol. The van der Waals surface area contributed by atoms with E-state index in [2.05, 4.69) is 10.6 Å². The zero-order valence-electron chi connectivity index (χ0n) is 14.7. The Morgan fingerprint density at radius 3 is 2.50 bits per heavy atom. The third-order valence-electron chi connectivity index (χ3n) is 4.52. The molecule has 0 fully saturated rings. The minimum Gasteiger partial charge on any atom is -0.506 e. The lowest BCUT2D eigenvalue weighted by molar-refractivity contribution is -0.385. The number of aromatic hydroxyl groups is 1. The molecular weight excluding hydrogens is 362 g/mol.